The average Bonchev–Trinajstić information content (AvgIpc) is 2.03. The first-order valence-electron chi connectivity index (χ1n) is 30.4. The molecule has 5 amide bonds. The highest BCUT2D eigenvalue weighted by molar-refractivity contribution is 8.02. The van der Waals surface area contributed by atoms with Gasteiger partial charge in [-0.3, -0.25) is 38.8 Å². The molecular weight excluding hydrogens is 1110 g/mol. The monoisotopic (exact) mass is 1190 g/mol. The molecule has 5 aromatic rings. The van der Waals surface area contributed by atoms with Crippen LogP contribution in [-0.4, -0.2) is 148 Å². The lowest BCUT2D eigenvalue weighted by molar-refractivity contribution is -0.140. The lowest BCUT2D eigenvalue weighted by Gasteiger charge is -2.33. The molecule has 0 bridgehead atoms. The van der Waals surface area contributed by atoms with Crippen molar-refractivity contribution in [2.75, 3.05) is 94.7 Å². The molecule has 6 heterocycles. The first-order chi connectivity index (χ1) is 41.6. The largest absolute Gasteiger partial charge is 0.493 e. The van der Waals surface area contributed by atoms with Crippen molar-refractivity contribution in [1.82, 2.24) is 9.80 Å². The Labute approximate surface area is 509 Å². The van der Waals surface area contributed by atoms with Crippen molar-refractivity contribution in [3.8, 4) is 17.2 Å². The molecule has 2 saturated heterocycles. The Kier molecular flexibility index (Phi) is 18.8. The molecule has 5 aromatic carbocycles. The normalized spacial score (nSPS) is 19.0. The number of ether oxygens (including phenoxy) is 6. The molecular formula is C68H80N6O11S. The van der Waals surface area contributed by atoms with Crippen LogP contribution >= 0.6 is 11.8 Å². The van der Waals surface area contributed by atoms with Crippen molar-refractivity contribution in [3.05, 3.63) is 136 Å². The molecule has 0 saturated carbocycles. The minimum Gasteiger partial charge on any atom is -0.493 e. The second-order valence-corrected chi connectivity index (χ2v) is 26.0. The molecule has 6 aliphatic heterocycles. The molecule has 18 heteroatoms. The number of methoxy groups -OCH3 is 2. The van der Waals surface area contributed by atoms with Gasteiger partial charge in [0.1, 0.15) is 19.0 Å². The van der Waals surface area contributed by atoms with E-state index in [1.807, 2.05) is 64.2 Å². The molecule has 0 aromatic heterocycles. The van der Waals surface area contributed by atoms with E-state index in [2.05, 4.69) is 61.2 Å². The van der Waals surface area contributed by atoms with Gasteiger partial charge in [0.15, 0.2) is 11.5 Å². The van der Waals surface area contributed by atoms with Crippen LogP contribution < -0.4 is 28.9 Å². The number of thioether (sulfide) groups is 1. The number of nitrogens with zero attached hydrogens (tertiary/aromatic N) is 6. The van der Waals surface area contributed by atoms with E-state index in [4.69, 9.17) is 33.4 Å². The highest BCUT2D eigenvalue weighted by Gasteiger charge is 2.43. The summed E-state index contributed by atoms with van der Waals surface area (Å²) in [5, 5.41) is -0.455. The molecule has 11 rings (SSSR count). The number of aryl methyl sites for hydroxylation is 2. The summed E-state index contributed by atoms with van der Waals surface area (Å²) in [7, 11) is 3.22. The van der Waals surface area contributed by atoms with E-state index in [1.165, 1.54) is 10.5 Å². The molecule has 1 unspecified atom stereocenters. The zero-order valence-electron chi connectivity index (χ0n) is 50.5. The minimum absolute atomic E-state index is 0.0309. The second kappa shape index (κ2) is 26.8. The number of imide groups is 1. The number of carbonyl (C=O) groups excluding carboxylic acids is 5. The van der Waals surface area contributed by atoms with Gasteiger partial charge in [0.05, 0.1) is 62.7 Å². The van der Waals surface area contributed by atoms with E-state index >= 15 is 0 Å². The van der Waals surface area contributed by atoms with Gasteiger partial charge in [-0.15, -0.1) is 11.8 Å². The Morgan fingerprint density at radius 1 is 0.709 bits per heavy atom. The van der Waals surface area contributed by atoms with E-state index in [-0.39, 0.29) is 71.9 Å². The maximum absolute atomic E-state index is 14.3. The summed E-state index contributed by atoms with van der Waals surface area (Å²) in [6.45, 7) is 13.4. The number of amides is 5. The maximum Gasteiger partial charge on any atom is 0.261 e. The SMILES string of the molecule is COCCOCCOCCN(CCCC(C)(C)SC1CC(=O)N(CC2CCN(C(C)=O)CC2)C1=O)c1cc(COc2cc3c(cc2C)C(=O)N2c4ccccc4C[C@H]2CC3)cc(COc2cc3c(cc2OC)C(=O)N2c4ccccc4C[C@H]2C=N3)c1. The summed E-state index contributed by atoms with van der Waals surface area (Å²) in [5.41, 5.74) is 10.4. The smallest absolute Gasteiger partial charge is 0.261 e. The van der Waals surface area contributed by atoms with Gasteiger partial charge in [-0.25, -0.2) is 0 Å². The van der Waals surface area contributed by atoms with Crippen molar-refractivity contribution < 1.29 is 52.4 Å². The van der Waals surface area contributed by atoms with Crippen molar-refractivity contribution in [3.63, 3.8) is 0 Å². The molecule has 17 nitrogen and oxygen atoms in total. The quantitative estimate of drug-likeness (QED) is 0.0400. The van der Waals surface area contributed by atoms with Crippen LogP contribution in [0.15, 0.2) is 96.0 Å². The summed E-state index contributed by atoms with van der Waals surface area (Å²) in [5.74, 6) is 1.46. The number of piperidine rings is 1. The highest BCUT2D eigenvalue weighted by atomic mass is 32.2. The highest BCUT2D eigenvalue weighted by Crippen LogP contribution is 2.44. The van der Waals surface area contributed by atoms with Crippen LogP contribution in [0.2, 0.25) is 0 Å². The minimum atomic E-state index is -0.455. The van der Waals surface area contributed by atoms with E-state index in [0.29, 0.717) is 101 Å². The molecule has 0 N–H and O–H groups in total. The Morgan fingerprint density at radius 2 is 1.38 bits per heavy atom. The van der Waals surface area contributed by atoms with E-state index in [9.17, 15) is 24.0 Å². The third-order valence-electron chi connectivity index (χ3n) is 17.7. The third kappa shape index (κ3) is 13.5. The number of rotatable bonds is 25. The van der Waals surface area contributed by atoms with Crippen LogP contribution in [0.25, 0.3) is 0 Å². The zero-order valence-corrected chi connectivity index (χ0v) is 51.3. The zero-order chi connectivity index (χ0) is 60.1. The molecule has 2 fully saturated rings. The van der Waals surface area contributed by atoms with Gasteiger partial charge >= 0.3 is 0 Å². The molecule has 3 atom stereocenters. The fourth-order valence-corrected chi connectivity index (χ4v) is 14.6. The predicted octanol–water partition coefficient (Wildman–Crippen LogP) is 10.1. The van der Waals surface area contributed by atoms with Gasteiger partial charge in [-0.2, -0.15) is 0 Å². The Hall–Kier alpha value is -7.25. The summed E-state index contributed by atoms with van der Waals surface area (Å²) in [6, 6.07) is 30.0. The van der Waals surface area contributed by atoms with Gasteiger partial charge in [0.2, 0.25) is 17.7 Å². The van der Waals surface area contributed by atoms with Gasteiger partial charge in [-0.1, -0.05) is 50.2 Å². The summed E-state index contributed by atoms with van der Waals surface area (Å²) >= 11 is 1.59. The number of anilines is 3. The molecule has 0 radical (unpaired) electrons. The maximum atomic E-state index is 14.3. The van der Waals surface area contributed by atoms with Crippen LogP contribution in [0.3, 0.4) is 0 Å². The number of para-hydroxylation sites is 2. The van der Waals surface area contributed by atoms with E-state index in [1.54, 1.807) is 45.0 Å². The summed E-state index contributed by atoms with van der Waals surface area (Å²) in [6.07, 6.45) is 8.26. The standard InChI is InChI=1S/C68H80N6O11S/c1-44-30-55-49(16-17-52-34-50-12-7-9-14-58(50)73(52)65(55)77)36-60(44)84-42-47-31-48(43-85-62-38-57-56(37-61(62)81-6)66(78)74-54(40-69-57)35-51-13-8-10-15-59(51)74)33-53(32-47)71(24-25-82-28-29-83-27-26-80-5)21-11-20-68(3,4)86-63-39-64(76)72(67(63)79)41-46-18-22-70(23-19-46)45(2)75/h7-10,12-15,30-33,36-38,40,46,52,54,63H,11,16-29,34-35,39,41-43H2,1-6H3/t52-,54+,63?/m1/s1. The van der Waals surface area contributed by atoms with Gasteiger partial charge in [0.25, 0.3) is 11.8 Å². The van der Waals surface area contributed by atoms with Crippen molar-refractivity contribution in [1.29, 1.82) is 0 Å². The third-order valence-corrected chi connectivity index (χ3v) is 19.2. The van der Waals surface area contributed by atoms with Gasteiger partial charge < -0.3 is 43.1 Å². The lowest BCUT2D eigenvalue weighted by atomic mass is 9.96. The van der Waals surface area contributed by atoms with Crippen molar-refractivity contribution >= 4 is 70.3 Å². The van der Waals surface area contributed by atoms with E-state index < -0.39 is 5.25 Å². The van der Waals surface area contributed by atoms with Crippen molar-refractivity contribution in [2.45, 2.75) is 121 Å². The molecule has 454 valence electrons. The van der Waals surface area contributed by atoms with E-state index in [0.717, 1.165) is 95.4 Å². The number of fused-ring (bicyclic) bond motifs is 8. The molecule has 0 aliphatic carbocycles. The topological polar surface area (TPSA) is 169 Å². The molecule has 6 aliphatic rings. The Balaban J connectivity index is 0.838. The van der Waals surface area contributed by atoms with Gasteiger partial charge in [-0.05, 0) is 140 Å². The number of aliphatic imine (C=N–C) groups is 1. The first kappa shape index (κ1) is 60.4. The average molecular weight is 1190 g/mol. The van der Waals surface area contributed by atoms with Crippen LogP contribution in [0, 0.1) is 12.8 Å². The number of carbonyl (C=O) groups is 5. The number of likely N-dealkylation sites (tertiary alicyclic amines) is 2. The Morgan fingerprint density at radius 3 is 2.10 bits per heavy atom. The summed E-state index contributed by atoms with van der Waals surface area (Å²) in [4.78, 5) is 82.2. The lowest BCUT2D eigenvalue weighted by Crippen LogP contribution is -2.42. The van der Waals surface area contributed by atoms with Crippen molar-refractivity contribution in [2.24, 2.45) is 10.9 Å². The van der Waals surface area contributed by atoms with Crippen LogP contribution in [0.1, 0.15) is 113 Å². The van der Waals surface area contributed by atoms with Crippen LogP contribution in [0.5, 0.6) is 17.2 Å². The van der Waals surface area contributed by atoms with Gasteiger partial charge in [0, 0.05) is 105 Å². The van der Waals surface area contributed by atoms with Crippen LogP contribution in [-0.2, 0) is 61.1 Å². The van der Waals surface area contributed by atoms with Crippen LogP contribution in [0.4, 0.5) is 22.7 Å². The number of hydrogen-bond donors (Lipinski definition) is 0. The molecule has 86 heavy (non-hydrogen) atoms. The first-order valence-corrected chi connectivity index (χ1v) is 31.3. The fourth-order valence-electron chi connectivity index (χ4n) is 13.1. The number of hydrogen-bond acceptors (Lipinski definition) is 14. The predicted molar refractivity (Wildman–Crippen MR) is 334 cm³/mol. The number of benzene rings is 5. The molecule has 0 spiro atoms. The summed E-state index contributed by atoms with van der Waals surface area (Å²) < 4.78 is 36.1. The Bertz CT molecular complexity index is 3380. The second-order valence-electron chi connectivity index (χ2n) is 24.1. The fraction of sp³-hybridized carbons (Fsp3) is 0.471.